The smallest absolute Gasteiger partial charge is 0.253 e. The van der Waals surface area contributed by atoms with Crippen LogP contribution < -0.4 is 10.6 Å². The number of carbonyl (C=O) groups excluding carboxylic acids is 2. The molecular weight excluding hydrogens is 448 g/mol. The van der Waals surface area contributed by atoms with Gasteiger partial charge in [0.1, 0.15) is 6.23 Å². The lowest BCUT2D eigenvalue weighted by atomic mass is 9.86. The minimum atomic E-state index is -0.331. The van der Waals surface area contributed by atoms with Crippen LogP contribution in [0.15, 0.2) is 66.7 Å². The van der Waals surface area contributed by atoms with E-state index in [0.717, 1.165) is 43.2 Å². The number of nitrogens with one attached hydrogen (secondary N) is 2. The van der Waals surface area contributed by atoms with Crippen LogP contribution in [-0.2, 0) is 24.0 Å². The molecule has 188 valence electrons. The van der Waals surface area contributed by atoms with Gasteiger partial charge in [-0.15, -0.1) is 0 Å². The van der Waals surface area contributed by atoms with E-state index in [4.69, 9.17) is 4.74 Å². The molecule has 0 saturated heterocycles. The van der Waals surface area contributed by atoms with Crippen LogP contribution in [0.2, 0.25) is 0 Å². The van der Waals surface area contributed by atoms with Crippen LogP contribution in [0.3, 0.4) is 0 Å². The summed E-state index contributed by atoms with van der Waals surface area (Å²) in [6.45, 7) is 1.56. The van der Waals surface area contributed by atoms with E-state index in [-0.39, 0.29) is 17.9 Å². The Morgan fingerprint density at radius 1 is 0.944 bits per heavy atom. The summed E-state index contributed by atoms with van der Waals surface area (Å²) in [6, 6.07) is 22.4. The fourth-order valence-electron chi connectivity index (χ4n) is 4.89. The van der Waals surface area contributed by atoms with Gasteiger partial charge in [0.15, 0.2) is 5.78 Å². The highest BCUT2D eigenvalue weighted by molar-refractivity contribution is 5.95. The molecule has 3 aromatic rings. The average molecular weight is 485 g/mol. The molecule has 1 aliphatic carbocycles. The van der Waals surface area contributed by atoms with E-state index in [2.05, 4.69) is 28.8 Å². The maximum absolute atomic E-state index is 12.8. The predicted molar refractivity (Wildman–Crippen MR) is 144 cm³/mol. The predicted octanol–water partition coefficient (Wildman–Crippen LogP) is 5.36. The van der Waals surface area contributed by atoms with Crippen LogP contribution in [0.5, 0.6) is 0 Å². The number of fused-ring (bicyclic) bond motifs is 1. The lowest BCUT2D eigenvalue weighted by Crippen LogP contribution is -2.36. The van der Waals surface area contributed by atoms with Crippen LogP contribution in [0.25, 0.3) is 11.1 Å². The molecule has 4 rings (SSSR count). The van der Waals surface area contributed by atoms with E-state index in [9.17, 15) is 9.59 Å². The number of methoxy groups -OCH3 is 1. The minimum Gasteiger partial charge on any atom is -0.362 e. The number of hydrogen-bond acceptors (Lipinski definition) is 4. The van der Waals surface area contributed by atoms with Crippen molar-refractivity contribution in [1.82, 2.24) is 10.6 Å². The van der Waals surface area contributed by atoms with Gasteiger partial charge in [-0.25, -0.2) is 0 Å². The molecule has 0 spiro atoms. The number of ether oxygens (including phenoxy) is 1. The second-order valence-electron chi connectivity index (χ2n) is 9.63. The molecule has 2 atom stereocenters. The van der Waals surface area contributed by atoms with Crippen molar-refractivity contribution >= 4 is 11.7 Å². The standard InChI is InChI=1S/C31H36N2O3/c1-21(34)23-9-11-24(12-10-23)25-13-15-27(16-14-25)31(35)33-30(36-3)6-4-5-22-7-8-26-17-18-29(32-2)20-28(26)19-22/h7-16,19,29-30,32H,4-6,17-18,20H2,1-3H3,(H,33,35)/t29-,30?/m0/s1. The number of likely N-dealkylation sites (N-methyl/N-ethyl adjacent to an activating group) is 1. The van der Waals surface area contributed by atoms with Crippen molar-refractivity contribution < 1.29 is 14.3 Å². The molecule has 1 unspecified atom stereocenters. The third-order valence-electron chi connectivity index (χ3n) is 7.19. The summed E-state index contributed by atoms with van der Waals surface area (Å²) < 4.78 is 5.56. The molecule has 2 N–H and O–H groups in total. The lowest BCUT2D eigenvalue weighted by Gasteiger charge is -2.24. The molecule has 36 heavy (non-hydrogen) atoms. The molecule has 0 saturated carbocycles. The fourth-order valence-corrected chi connectivity index (χ4v) is 4.89. The maximum Gasteiger partial charge on any atom is 0.253 e. The van der Waals surface area contributed by atoms with Gasteiger partial charge < -0.3 is 15.4 Å². The van der Waals surface area contributed by atoms with Crippen LogP contribution in [-0.4, -0.2) is 38.1 Å². The van der Waals surface area contributed by atoms with Gasteiger partial charge in [0.2, 0.25) is 0 Å². The normalized spacial score (nSPS) is 15.7. The molecular formula is C31H36N2O3. The van der Waals surface area contributed by atoms with Gasteiger partial charge in [-0.1, -0.05) is 54.6 Å². The molecule has 5 heteroatoms. The summed E-state index contributed by atoms with van der Waals surface area (Å²) in [5, 5.41) is 6.42. The van der Waals surface area contributed by atoms with E-state index in [1.54, 1.807) is 14.0 Å². The largest absolute Gasteiger partial charge is 0.362 e. The van der Waals surface area contributed by atoms with Crippen molar-refractivity contribution in [3.8, 4) is 11.1 Å². The Bertz CT molecular complexity index is 1190. The van der Waals surface area contributed by atoms with Gasteiger partial charge in [-0.3, -0.25) is 9.59 Å². The SMILES string of the molecule is CN[C@H]1CCc2ccc(CCCC(NC(=O)c3ccc(-c4ccc(C(C)=O)cc4)cc3)OC)cc2C1. The van der Waals surface area contributed by atoms with Crippen molar-refractivity contribution in [3.05, 3.63) is 94.5 Å². The second-order valence-corrected chi connectivity index (χ2v) is 9.63. The summed E-state index contributed by atoms with van der Waals surface area (Å²) in [4.78, 5) is 24.3. The van der Waals surface area contributed by atoms with Crippen molar-refractivity contribution in [2.75, 3.05) is 14.2 Å². The summed E-state index contributed by atoms with van der Waals surface area (Å²) in [6.07, 6.45) is 5.76. The number of aryl methyl sites for hydroxylation is 2. The van der Waals surface area contributed by atoms with Crippen LogP contribution in [0.1, 0.15) is 63.6 Å². The third-order valence-corrected chi connectivity index (χ3v) is 7.19. The molecule has 0 fully saturated rings. The first-order valence-corrected chi connectivity index (χ1v) is 12.8. The first kappa shape index (κ1) is 25.8. The highest BCUT2D eigenvalue weighted by atomic mass is 16.5. The van der Waals surface area contributed by atoms with Crippen molar-refractivity contribution in [2.45, 2.75) is 57.7 Å². The quantitative estimate of drug-likeness (QED) is 0.300. The zero-order valence-corrected chi connectivity index (χ0v) is 21.5. The van der Waals surface area contributed by atoms with E-state index >= 15 is 0 Å². The molecule has 0 aliphatic heterocycles. The maximum atomic E-state index is 12.8. The molecule has 0 aromatic heterocycles. The number of amides is 1. The summed E-state index contributed by atoms with van der Waals surface area (Å²) in [7, 11) is 3.68. The van der Waals surface area contributed by atoms with Crippen molar-refractivity contribution in [1.29, 1.82) is 0 Å². The fraction of sp³-hybridized carbons (Fsp3) is 0.355. The Kier molecular flexibility index (Phi) is 8.68. The zero-order valence-electron chi connectivity index (χ0n) is 21.5. The Balaban J connectivity index is 1.29. The molecule has 0 heterocycles. The average Bonchev–Trinajstić information content (AvgIpc) is 2.92. The number of hydrogen-bond donors (Lipinski definition) is 2. The van der Waals surface area contributed by atoms with E-state index in [0.29, 0.717) is 17.2 Å². The van der Waals surface area contributed by atoms with Crippen molar-refractivity contribution in [2.24, 2.45) is 0 Å². The molecule has 0 bridgehead atoms. The number of rotatable bonds is 10. The van der Waals surface area contributed by atoms with Crippen LogP contribution in [0, 0.1) is 0 Å². The Hall–Kier alpha value is -3.28. The van der Waals surface area contributed by atoms with E-state index < -0.39 is 0 Å². The van der Waals surface area contributed by atoms with E-state index in [1.165, 1.54) is 23.1 Å². The Labute approximate surface area is 214 Å². The number of carbonyl (C=O) groups is 2. The first-order chi connectivity index (χ1) is 17.5. The molecule has 3 aromatic carbocycles. The van der Waals surface area contributed by atoms with Gasteiger partial charge in [0, 0.05) is 24.3 Å². The first-order valence-electron chi connectivity index (χ1n) is 12.8. The zero-order chi connectivity index (χ0) is 25.5. The monoisotopic (exact) mass is 484 g/mol. The van der Waals surface area contributed by atoms with Gasteiger partial charge in [0.25, 0.3) is 5.91 Å². The molecule has 1 amide bonds. The summed E-state index contributed by atoms with van der Waals surface area (Å²) >= 11 is 0. The minimum absolute atomic E-state index is 0.0478. The Morgan fingerprint density at radius 3 is 2.22 bits per heavy atom. The highest BCUT2D eigenvalue weighted by Gasteiger charge is 2.18. The molecule has 1 aliphatic rings. The molecule has 0 radical (unpaired) electrons. The summed E-state index contributed by atoms with van der Waals surface area (Å²) in [5.74, 6) is -0.0983. The number of Topliss-reactive ketones (excluding diaryl/α,β-unsaturated/α-hetero) is 1. The summed E-state index contributed by atoms with van der Waals surface area (Å²) in [5.41, 5.74) is 7.57. The van der Waals surface area contributed by atoms with Gasteiger partial charge in [-0.2, -0.15) is 0 Å². The van der Waals surface area contributed by atoms with E-state index in [1.807, 2.05) is 55.6 Å². The topological polar surface area (TPSA) is 67.4 Å². The Morgan fingerprint density at radius 2 is 1.61 bits per heavy atom. The number of ketones is 1. The highest BCUT2D eigenvalue weighted by Crippen LogP contribution is 2.24. The van der Waals surface area contributed by atoms with Gasteiger partial charge in [0.05, 0.1) is 0 Å². The van der Waals surface area contributed by atoms with Gasteiger partial charge >= 0.3 is 0 Å². The number of benzene rings is 3. The van der Waals surface area contributed by atoms with Crippen molar-refractivity contribution in [3.63, 3.8) is 0 Å². The molecule has 5 nitrogen and oxygen atoms in total. The third kappa shape index (κ3) is 6.48. The van der Waals surface area contributed by atoms with Crippen LogP contribution in [0.4, 0.5) is 0 Å². The lowest BCUT2D eigenvalue weighted by molar-refractivity contribution is 0.0530. The van der Waals surface area contributed by atoms with Gasteiger partial charge in [-0.05, 0) is 92.4 Å². The second kappa shape index (κ2) is 12.1. The van der Waals surface area contributed by atoms with Crippen LogP contribution >= 0.6 is 0 Å².